The maximum atomic E-state index is 12.5. The monoisotopic (exact) mass is 373 g/mol. The highest BCUT2D eigenvalue weighted by atomic mass is 19.4. The van der Waals surface area contributed by atoms with Gasteiger partial charge in [0.05, 0.1) is 12.7 Å². The second-order valence-corrected chi connectivity index (χ2v) is 6.14. The number of alkyl halides is 3. The number of halogens is 3. The lowest BCUT2D eigenvalue weighted by atomic mass is 9.96. The van der Waals surface area contributed by atoms with E-state index in [0.717, 1.165) is 31.7 Å². The summed E-state index contributed by atoms with van der Waals surface area (Å²) in [5.74, 6) is -1.17. The number of hydrogen-bond donors (Lipinski definition) is 1. The van der Waals surface area contributed by atoms with Crippen molar-refractivity contribution in [1.82, 2.24) is 25.5 Å². The van der Waals surface area contributed by atoms with Crippen LogP contribution in [0.3, 0.4) is 0 Å². The number of rotatable bonds is 5. The maximum absolute atomic E-state index is 12.5. The predicted octanol–water partition coefficient (Wildman–Crippen LogP) is 2.89. The molecular formula is C15H18F3N5O3. The van der Waals surface area contributed by atoms with Gasteiger partial charge in [-0.15, -0.1) is 5.10 Å². The molecule has 142 valence electrons. The molecule has 3 rings (SSSR count). The average Bonchev–Trinajstić information content (AvgIpc) is 3.23. The van der Waals surface area contributed by atoms with Crippen LogP contribution in [0, 0.1) is 0 Å². The lowest BCUT2D eigenvalue weighted by molar-refractivity contribution is -0.155. The number of carbonyl (C=O) groups is 1. The van der Waals surface area contributed by atoms with Gasteiger partial charge in [-0.25, -0.2) is 9.48 Å². The molecule has 0 unspecified atom stereocenters. The molecule has 0 aromatic carbocycles. The van der Waals surface area contributed by atoms with Gasteiger partial charge in [0.15, 0.2) is 0 Å². The van der Waals surface area contributed by atoms with Gasteiger partial charge in [0.2, 0.25) is 5.76 Å². The molecule has 0 radical (unpaired) electrons. The Balaban J connectivity index is 1.47. The third-order valence-electron chi connectivity index (χ3n) is 4.03. The molecule has 0 aliphatic heterocycles. The quantitative estimate of drug-likeness (QED) is 0.866. The minimum atomic E-state index is -4.59. The molecule has 1 N–H and O–H groups in total. The van der Waals surface area contributed by atoms with Crippen LogP contribution in [-0.4, -0.2) is 32.3 Å². The number of aromatic nitrogens is 4. The molecule has 1 aliphatic carbocycles. The van der Waals surface area contributed by atoms with Crippen molar-refractivity contribution in [3.8, 4) is 0 Å². The van der Waals surface area contributed by atoms with E-state index in [4.69, 9.17) is 4.74 Å². The van der Waals surface area contributed by atoms with E-state index in [1.807, 2.05) is 0 Å². The van der Waals surface area contributed by atoms with Gasteiger partial charge in [-0.1, -0.05) is 29.6 Å². The highest BCUT2D eigenvalue weighted by molar-refractivity contribution is 5.67. The first kappa shape index (κ1) is 18.2. The highest BCUT2D eigenvalue weighted by Crippen LogP contribution is 2.29. The van der Waals surface area contributed by atoms with E-state index >= 15 is 0 Å². The Kier molecular flexibility index (Phi) is 5.43. The molecule has 2 aromatic heterocycles. The zero-order chi connectivity index (χ0) is 18.6. The number of amides is 1. The van der Waals surface area contributed by atoms with Crippen LogP contribution in [0.25, 0.3) is 0 Å². The molecule has 1 saturated carbocycles. The van der Waals surface area contributed by atoms with Gasteiger partial charge < -0.3 is 14.6 Å². The first-order valence-corrected chi connectivity index (χ1v) is 8.25. The van der Waals surface area contributed by atoms with Crippen LogP contribution in [0.5, 0.6) is 0 Å². The lowest BCUT2D eigenvalue weighted by Crippen LogP contribution is -2.36. The van der Waals surface area contributed by atoms with Crippen molar-refractivity contribution < 1.29 is 27.2 Å². The van der Waals surface area contributed by atoms with Crippen molar-refractivity contribution >= 4 is 6.09 Å². The van der Waals surface area contributed by atoms with Gasteiger partial charge in [0.1, 0.15) is 18.0 Å². The number of nitrogens with zero attached hydrogens (tertiary/aromatic N) is 4. The van der Waals surface area contributed by atoms with Crippen molar-refractivity contribution in [2.75, 3.05) is 0 Å². The van der Waals surface area contributed by atoms with Crippen molar-refractivity contribution in [3.63, 3.8) is 0 Å². The summed E-state index contributed by atoms with van der Waals surface area (Å²) in [7, 11) is 0. The SMILES string of the molecule is O=C(NC1CCCCC1)OCc1cn(Cc2cc(C(F)(F)F)on2)nn1. The number of nitrogens with one attached hydrogen (secondary N) is 1. The predicted molar refractivity (Wildman–Crippen MR) is 80.8 cm³/mol. The van der Waals surface area contributed by atoms with Crippen LogP contribution in [0.4, 0.5) is 18.0 Å². The van der Waals surface area contributed by atoms with Gasteiger partial charge in [-0.2, -0.15) is 13.2 Å². The smallest absolute Gasteiger partial charge is 0.443 e. The minimum Gasteiger partial charge on any atom is -0.443 e. The summed E-state index contributed by atoms with van der Waals surface area (Å²) in [5.41, 5.74) is 0.438. The normalized spacial score (nSPS) is 15.8. The molecule has 1 fully saturated rings. The number of ether oxygens (including phenoxy) is 1. The zero-order valence-electron chi connectivity index (χ0n) is 13.8. The van der Waals surface area contributed by atoms with E-state index < -0.39 is 18.0 Å². The van der Waals surface area contributed by atoms with Crippen LogP contribution in [-0.2, 0) is 24.1 Å². The summed E-state index contributed by atoms with van der Waals surface area (Å²) in [6.07, 6.45) is 1.64. The molecule has 2 aromatic rings. The molecule has 8 nitrogen and oxygen atoms in total. The molecule has 2 heterocycles. The fraction of sp³-hybridized carbons (Fsp3) is 0.600. The van der Waals surface area contributed by atoms with E-state index in [2.05, 4.69) is 25.3 Å². The topological polar surface area (TPSA) is 95.1 Å². The van der Waals surface area contributed by atoms with Crippen LogP contribution in [0.1, 0.15) is 49.3 Å². The molecule has 1 amide bonds. The molecule has 11 heteroatoms. The number of hydrogen-bond acceptors (Lipinski definition) is 6. The van der Waals surface area contributed by atoms with Crippen LogP contribution < -0.4 is 5.32 Å². The van der Waals surface area contributed by atoms with E-state index in [1.54, 1.807) is 0 Å². The van der Waals surface area contributed by atoms with Crippen LogP contribution in [0.2, 0.25) is 0 Å². The summed E-state index contributed by atoms with van der Waals surface area (Å²) < 4.78 is 48.0. The van der Waals surface area contributed by atoms with Crippen molar-refractivity contribution in [1.29, 1.82) is 0 Å². The fourth-order valence-electron chi connectivity index (χ4n) is 2.76. The Morgan fingerprint density at radius 3 is 2.77 bits per heavy atom. The first-order valence-electron chi connectivity index (χ1n) is 8.25. The van der Waals surface area contributed by atoms with Gasteiger partial charge in [0.25, 0.3) is 0 Å². The minimum absolute atomic E-state index is 0.0408. The first-order chi connectivity index (χ1) is 12.4. The van der Waals surface area contributed by atoms with Crippen LogP contribution in [0.15, 0.2) is 16.8 Å². The second-order valence-electron chi connectivity index (χ2n) is 6.14. The Morgan fingerprint density at radius 2 is 2.08 bits per heavy atom. The zero-order valence-corrected chi connectivity index (χ0v) is 13.8. The van der Waals surface area contributed by atoms with E-state index in [-0.39, 0.29) is 24.9 Å². The summed E-state index contributed by atoms with van der Waals surface area (Å²) in [6.45, 7) is -0.119. The number of carbonyl (C=O) groups excluding carboxylic acids is 1. The van der Waals surface area contributed by atoms with E-state index in [0.29, 0.717) is 5.69 Å². The number of alkyl carbamates (subject to hydrolysis) is 1. The third-order valence-corrected chi connectivity index (χ3v) is 4.03. The van der Waals surface area contributed by atoms with E-state index in [1.165, 1.54) is 17.3 Å². The average molecular weight is 373 g/mol. The summed E-state index contributed by atoms with van der Waals surface area (Å²) in [4.78, 5) is 11.8. The van der Waals surface area contributed by atoms with Crippen molar-refractivity contribution in [2.45, 2.75) is 57.5 Å². The summed E-state index contributed by atoms with van der Waals surface area (Å²) >= 11 is 0. The molecule has 26 heavy (non-hydrogen) atoms. The largest absolute Gasteiger partial charge is 0.452 e. The highest BCUT2D eigenvalue weighted by Gasteiger charge is 2.36. The van der Waals surface area contributed by atoms with Crippen molar-refractivity contribution in [2.24, 2.45) is 0 Å². The fourth-order valence-corrected chi connectivity index (χ4v) is 2.76. The van der Waals surface area contributed by atoms with Crippen LogP contribution >= 0.6 is 0 Å². The summed E-state index contributed by atoms with van der Waals surface area (Å²) in [6, 6.07) is 0.942. The molecular weight excluding hydrogens is 355 g/mol. The Hall–Kier alpha value is -2.59. The maximum Gasteiger partial charge on any atom is 0.452 e. The lowest BCUT2D eigenvalue weighted by Gasteiger charge is -2.22. The van der Waals surface area contributed by atoms with Gasteiger partial charge in [-0.05, 0) is 12.8 Å². The van der Waals surface area contributed by atoms with Gasteiger partial charge >= 0.3 is 12.3 Å². The molecule has 0 atom stereocenters. The standard InChI is InChI=1S/C15H18F3N5O3/c16-15(17,18)13-6-11(21-26-13)7-23-8-12(20-22-23)9-25-14(24)19-10-4-2-1-3-5-10/h6,8,10H,1-5,7,9H2,(H,19,24). The molecule has 0 spiro atoms. The van der Waals surface area contributed by atoms with E-state index in [9.17, 15) is 18.0 Å². The third kappa shape index (κ3) is 4.96. The molecule has 1 aliphatic rings. The summed E-state index contributed by atoms with van der Waals surface area (Å²) in [5, 5.41) is 13.7. The Bertz CT molecular complexity index is 737. The molecule has 0 saturated heterocycles. The van der Waals surface area contributed by atoms with Crippen molar-refractivity contribution in [3.05, 3.63) is 29.4 Å². The Labute approximate surface area is 146 Å². The van der Waals surface area contributed by atoms with Gasteiger partial charge in [-0.3, -0.25) is 0 Å². The van der Waals surface area contributed by atoms with Gasteiger partial charge in [0, 0.05) is 12.1 Å². The second kappa shape index (κ2) is 7.75. The Morgan fingerprint density at radius 1 is 1.31 bits per heavy atom. The molecule has 0 bridgehead atoms.